The van der Waals surface area contributed by atoms with Gasteiger partial charge in [-0.05, 0) is 17.7 Å². The first-order valence-electron chi connectivity index (χ1n) is 4.49. The molecule has 0 aliphatic heterocycles. The van der Waals surface area contributed by atoms with Crippen LogP contribution in [0.2, 0.25) is 0 Å². The largest absolute Gasteiger partial charge is 0.387 e. The van der Waals surface area contributed by atoms with Gasteiger partial charge in [-0.2, -0.15) is 0 Å². The standard InChI is InChI=1S/C11H14BrNO/c1-2-7-13-8-11(14)9-3-5-10(12)6-4-9/h2-6,11,13-14H,1,7-8H2/t11-/m1/s1. The molecule has 0 unspecified atom stereocenters. The molecule has 1 aromatic carbocycles. The topological polar surface area (TPSA) is 32.3 Å². The van der Waals surface area contributed by atoms with Gasteiger partial charge in [0.15, 0.2) is 0 Å². The first kappa shape index (κ1) is 11.4. The van der Waals surface area contributed by atoms with Crippen LogP contribution in [0, 0.1) is 0 Å². The predicted molar refractivity (Wildman–Crippen MR) is 62.2 cm³/mol. The zero-order valence-corrected chi connectivity index (χ0v) is 9.50. The van der Waals surface area contributed by atoms with E-state index in [0.717, 1.165) is 10.0 Å². The Kier molecular flexibility index (Phi) is 4.87. The van der Waals surface area contributed by atoms with Crippen molar-refractivity contribution in [1.29, 1.82) is 0 Å². The average molecular weight is 256 g/mol. The first-order chi connectivity index (χ1) is 6.74. The number of hydrogen-bond acceptors (Lipinski definition) is 2. The van der Waals surface area contributed by atoms with Crippen LogP contribution in [0.4, 0.5) is 0 Å². The number of halogens is 1. The third-order valence-electron chi connectivity index (χ3n) is 1.88. The second kappa shape index (κ2) is 5.96. The van der Waals surface area contributed by atoms with Crippen molar-refractivity contribution in [2.24, 2.45) is 0 Å². The molecular weight excluding hydrogens is 242 g/mol. The molecule has 3 heteroatoms. The van der Waals surface area contributed by atoms with Gasteiger partial charge in [-0.1, -0.05) is 34.1 Å². The quantitative estimate of drug-likeness (QED) is 0.625. The van der Waals surface area contributed by atoms with Crippen molar-refractivity contribution in [3.63, 3.8) is 0 Å². The summed E-state index contributed by atoms with van der Waals surface area (Å²) in [6, 6.07) is 7.66. The lowest BCUT2D eigenvalue weighted by Crippen LogP contribution is -2.21. The predicted octanol–water partition coefficient (Wildman–Crippen LogP) is 2.26. The van der Waals surface area contributed by atoms with Crippen molar-refractivity contribution < 1.29 is 5.11 Å². The molecule has 0 saturated carbocycles. The lowest BCUT2D eigenvalue weighted by molar-refractivity contribution is 0.176. The maximum atomic E-state index is 9.73. The van der Waals surface area contributed by atoms with Gasteiger partial charge in [0, 0.05) is 17.6 Å². The molecular formula is C11H14BrNO. The third kappa shape index (κ3) is 3.62. The van der Waals surface area contributed by atoms with E-state index in [9.17, 15) is 5.11 Å². The fourth-order valence-corrected chi connectivity index (χ4v) is 1.39. The Morgan fingerprint density at radius 1 is 1.43 bits per heavy atom. The van der Waals surface area contributed by atoms with Gasteiger partial charge in [-0.15, -0.1) is 6.58 Å². The van der Waals surface area contributed by atoms with Crippen LogP contribution in [-0.2, 0) is 0 Å². The number of hydrogen-bond donors (Lipinski definition) is 2. The lowest BCUT2D eigenvalue weighted by atomic mass is 10.1. The molecule has 1 aromatic rings. The van der Waals surface area contributed by atoms with E-state index >= 15 is 0 Å². The normalized spacial score (nSPS) is 12.4. The van der Waals surface area contributed by atoms with Gasteiger partial charge in [0.1, 0.15) is 0 Å². The van der Waals surface area contributed by atoms with Crippen molar-refractivity contribution in [3.05, 3.63) is 47.0 Å². The molecule has 0 spiro atoms. The van der Waals surface area contributed by atoms with Crippen LogP contribution in [-0.4, -0.2) is 18.2 Å². The van der Waals surface area contributed by atoms with Crippen LogP contribution >= 0.6 is 15.9 Å². The van der Waals surface area contributed by atoms with Crippen molar-refractivity contribution in [1.82, 2.24) is 5.32 Å². The second-order valence-corrected chi connectivity index (χ2v) is 3.93. The van der Waals surface area contributed by atoms with E-state index in [0.29, 0.717) is 13.1 Å². The molecule has 1 rings (SSSR count). The number of rotatable bonds is 5. The van der Waals surface area contributed by atoms with Gasteiger partial charge in [-0.25, -0.2) is 0 Å². The highest BCUT2D eigenvalue weighted by Crippen LogP contribution is 2.15. The first-order valence-corrected chi connectivity index (χ1v) is 5.28. The van der Waals surface area contributed by atoms with Gasteiger partial charge in [0.25, 0.3) is 0 Å². The highest BCUT2D eigenvalue weighted by Gasteiger charge is 2.05. The maximum absolute atomic E-state index is 9.73. The minimum atomic E-state index is -0.456. The Bertz CT molecular complexity index is 284. The fraction of sp³-hybridized carbons (Fsp3) is 0.273. The van der Waals surface area contributed by atoms with Crippen LogP contribution < -0.4 is 5.32 Å². The second-order valence-electron chi connectivity index (χ2n) is 3.01. The molecule has 0 fully saturated rings. The van der Waals surface area contributed by atoms with Crippen molar-refractivity contribution in [2.75, 3.05) is 13.1 Å². The van der Waals surface area contributed by atoms with Crippen molar-refractivity contribution in [2.45, 2.75) is 6.10 Å². The average Bonchev–Trinajstić information content (AvgIpc) is 2.19. The van der Waals surface area contributed by atoms with Gasteiger partial charge in [-0.3, -0.25) is 0 Å². The molecule has 0 heterocycles. The smallest absolute Gasteiger partial charge is 0.0914 e. The molecule has 2 nitrogen and oxygen atoms in total. The summed E-state index contributed by atoms with van der Waals surface area (Å²) in [5.41, 5.74) is 0.921. The Balaban J connectivity index is 2.47. The van der Waals surface area contributed by atoms with Gasteiger partial charge >= 0.3 is 0 Å². The number of aliphatic hydroxyl groups is 1. The summed E-state index contributed by atoms with van der Waals surface area (Å²) in [5, 5.41) is 12.8. The van der Waals surface area contributed by atoms with Crippen LogP contribution in [0.3, 0.4) is 0 Å². The summed E-state index contributed by atoms with van der Waals surface area (Å²) in [6.07, 6.45) is 1.32. The molecule has 0 saturated heterocycles. The van der Waals surface area contributed by atoms with E-state index in [1.165, 1.54) is 0 Å². The molecule has 0 bridgehead atoms. The monoisotopic (exact) mass is 255 g/mol. The summed E-state index contributed by atoms with van der Waals surface area (Å²) in [7, 11) is 0. The summed E-state index contributed by atoms with van der Waals surface area (Å²) in [4.78, 5) is 0. The number of nitrogens with one attached hydrogen (secondary N) is 1. The zero-order valence-electron chi connectivity index (χ0n) is 7.91. The van der Waals surface area contributed by atoms with E-state index in [1.807, 2.05) is 24.3 Å². The maximum Gasteiger partial charge on any atom is 0.0914 e. The number of benzene rings is 1. The minimum Gasteiger partial charge on any atom is -0.387 e. The molecule has 0 aliphatic rings. The van der Waals surface area contributed by atoms with E-state index < -0.39 is 6.10 Å². The summed E-state index contributed by atoms with van der Waals surface area (Å²) in [6.45, 7) is 4.86. The van der Waals surface area contributed by atoms with E-state index in [4.69, 9.17) is 0 Å². The summed E-state index contributed by atoms with van der Waals surface area (Å²) >= 11 is 3.35. The zero-order chi connectivity index (χ0) is 10.4. The Morgan fingerprint density at radius 3 is 2.64 bits per heavy atom. The molecule has 0 radical (unpaired) electrons. The molecule has 0 aromatic heterocycles. The van der Waals surface area contributed by atoms with E-state index in [2.05, 4.69) is 27.8 Å². The molecule has 76 valence electrons. The van der Waals surface area contributed by atoms with Crippen LogP contribution in [0.1, 0.15) is 11.7 Å². The van der Waals surface area contributed by atoms with E-state index in [-0.39, 0.29) is 0 Å². The van der Waals surface area contributed by atoms with Crippen LogP contribution in [0.25, 0.3) is 0 Å². The minimum absolute atomic E-state index is 0.456. The van der Waals surface area contributed by atoms with Gasteiger partial charge in [0.05, 0.1) is 6.10 Å². The van der Waals surface area contributed by atoms with Crippen LogP contribution in [0.15, 0.2) is 41.4 Å². The Labute approximate surface area is 92.8 Å². The molecule has 0 amide bonds. The molecule has 14 heavy (non-hydrogen) atoms. The van der Waals surface area contributed by atoms with Gasteiger partial charge < -0.3 is 10.4 Å². The van der Waals surface area contributed by atoms with E-state index in [1.54, 1.807) is 6.08 Å². The summed E-state index contributed by atoms with van der Waals surface area (Å²) in [5.74, 6) is 0. The fourth-order valence-electron chi connectivity index (χ4n) is 1.12. The molecule has 2 N–H and O–H groups in total. The lowest BCUT2D eigenvalue weighted by Gasteiger charge is -2.11. The summed E-state index contributed by atoms with van der Waals surface area (Å²) < 4.78 is 1.02. The number of aliphatic hydroxyl groups excluding tert-OH is 1. The third-order valence-corrected chi connectivity index (χ3v) is 2.41. The van der Waals surface area contributed by atoms with Crippen molar-refractivity contribution >= 4 is 15.9 Å². The highest BCUT2D eigenvalue weighted by molar-refractivity contribution is 9.10. The van der Waals surface area contributed by atoms with Gasteiger partial charge in [0.2, 0.25) is 0 Å². The Morgan fingerprint density at radius 2 is 2.07 bits per heavy atom. The van der Waals surface area contributed by atoms with Crippen molar-refractivity contribution in [3.8, 4) is 0 Å². The van der Waals surface area contributed by atoms with Crippen LogP contribution in [0.5, 0.6) is 0 Å². The molecule has 1 atom stereocenters. The Hall–Kier alpha value is -0.640. The SMILES string of the molecule is C=CCNC[C@@H](O)c1ccc(Br)cc1. The highest BCUT2D eigenvalue weighted by atomic mass is 79.9. The molecule has 0 aliphatic carbocycles.